The molecule has 1 aliphatic heterocycles. The van der Waals surface area contributed by atoms with E-state index in [9.17, 15) is 13.2 Å². The van der Waals surface area contributed by atoms with Gasteiger partial charge in [0.05, 0.1) is 21.2 Å². The Bertz CT molecular complexity index is 973. The highest BCUT2D eigenvalue weighted by Crippen LogP contribution is 2.28. The third kappa shape index (κ3) is 4.54. The van der Waals surface area contributed by atoms with Gasteiger partial charge in [-0.2, -0.15) is 4.31 Å². The Morgan fingerprint density at radius 2 is 1.81 bits per heavy atom. The summed E-state index contributed by atoms with van der Waals surface area (Å²) < 4.78 is 27.9. The SMILES string of the molecule is Cc1ccc(NC(=O)c2cc(S(=O)(=O)N3CCCCC3)ccc2Cl)c(Br)c1. The summed E-state index contributed by atoms with van der Waals surface area (Å²) in [6.07, 6.45) is 2.73. The standard InChI is InChI=1S/C19H20BrClN2O3S/c1-13-5-8-18(16(20)11-13)22-19(24)15-12-14(6-7-17(15)21)27(25,26)23-9-3-2-4-10-23/h5-8,11-12H,2-4,9-10H2,1H3,(H,22,24). The molecule has 0 atom stereocenters. The third-order valence-electron chi connectivity index (χ3n) is 4.51. The molecule has 0 radical (unpaired) electrons. The van der Waals surface area contributed by atoms with Gasteiger partial charge in [0.25, 0.3) is 5.91 Å². The molecule has 1 fully saturated rings. The number of nitrogens with zero attached hydrogens (tertiary/aromatic N) is 1. The maximum Gasteiger partial charge on any atom is 0.257 e. The zero-order valence-electron chi connectivity index (χ0n) is 14.8. The van der Waals surface area contributed by atoms with Crippen molar-refractivity contribution in [2.75, 3.05) is 18.4 Å². The predicted octanol–water partition coefficient (Wildman–Crippen LogP) is 4.84. The van der Waals surface area contributed by atoms with Crippen LogP contribution in [0.25, 0.3) is 0 Å². The van der Waals surface area contributed by atoms with Crippen molar-refractivity contribution in [3.8, 4) is 0 Å². The maximum absolute atomic E-state index is 12.9. The highest BCUT2D eigenvalue weighted by molar-refractivity contribution is 9.10. The number of piperidine rings is 1. The number of aryl methyl sites for hydroxylation is 1. The van der Waals surface area contributed by atoms with Crippen LogP contribution in [0.5, 0.6) is 0 Å². The molecule has 0 spiro atoms. The number of sulfonamides is 1. The number of nitrogens with one attached hydrogen (secondary N) is 1. The Labute approximate surface area is 172 Å². The van der Waals surface area contributed by atoms with E-state index in [2.05, 4.69) is 21.2 Å². The summed E-state index contributed by atoms with van der Waals surface area (Å²) in [5.74, 6) is -0.458. The number of hydrogen-bond donors (Lipinski definition) is 1. The molecule has 1 amide bonds. The van der Waals surface area contributed by atoms with Crippen LogP contribution in [0.1, 0.15) is 35.2 Å². The Balaban J connectivity index is 1.89. The first-order valence-electron chi connectivity index (χ1n) is 8.66. The zero-order valence-corrected chi connectivity index (χ0v) is 18.0. The van der Waals surface area contributed by atoms with Crippen molar-refractivity contribution < 1.29 is 13.2 Å². The molecule has 3 rings (SSSR count). The van der Waals surface area contributed by atoms with Crippen LogP contribution in [-0.2, 0) is 10.0 Å². The van der Waals surface area contributed by atoms with Gasteiger partial charge < -0.3 is 5.32 Å². The fourth-order valence-electron chi connectivity index (χ4n) is 3.00. The van der Waals surface area contributed by atoms with Crippen molar-refractivity contribution in [1.29, 1.82) is 0 Å². The van der Waals surface area contributed by atoms with Crippen LogP contribution in [0.2, 0.25) is 5.02 Å². The van der Waals surface area contributed by atoms with Crippen LogP contribution < -0.4 is 5.32 Å². The van der Waals surface area contributed by atoms with E-state index in [0.29, 0.717) is 18.8 Å². The first-order chi connectivity index (χ1) is 12.8. The molecule has 0 bridgehead atoms. The van der Waals surface area contributed by atoms with E-state index in [1.807, 2.05) is 19.1 Å². The molecule has 8 heteroatoms. The van der Waals surface area contributed by atoms with Gasteiger partial charge in [-0.25, -0.2) is 8.42 Å². The van der Waals surface area contributed by atoms with E-state index in [4.69, 9.17) is 11.6 Å². The molecule has 5 nitrogen and oxygen atoms in total. The summed E-state index contributed by atoms with van der Waals surface area (Å²) in [5, 5.41) is 2.98. The number of hydrogen-bond acceptors (Lipinski definition) is 3. The lowest BCUT2D eigenvalue weighted by Crippen LogP contribution is -2.35. The molecule has 1 N–H and O–H groups in total. The number of anilines is 1. The lowest BCUT2D eigenvalue weighted by Gasteiger charge is -2.26. The Morgan fingerprint density at radius 3 is 2.48 bits per heavy atom. The molecule has 0 aliphatic carbocycles. The van der Waals surface area contributed by atoms with Gasteiger partial charge in [-0.3, -0.25) is 4.79 Å². The first-order valence-corrected chi connectivity index (χ1v) is 11.3. The first kappa shape index (κ1) is 20.3. The van der Waals surface area contributed by atoms with Gasteiger partial charge in [0.1, 0.15) is 0 Å². The fourth-order valence-corrected chi connectivity index (χ4v) is 5.34. The van der Waals surface area contributed by atoms with E-state index in [1.54, 1.807) is 6.07 Å². The second-order valence-electron chi connectivity index (χ2n) is 6.54. The molecule has 1 aliphatic rings. The zero-order chi connectivity index (χ0) is 19.6. The van der Waals surface area contributed by atoms with Crippen LogP contribution in [0.15, 0.2) is 45.8 Å². The molecule has 144 valence electrons. The van der Waals surface area contributed by atoms with Gasteiger partial charge >= 0.3 is 0 Å². The minimum Gasteiger partial charge on any atom is -0.321 e. The molecule has 0 aromatic heterocycles. The van der Waals surface area contributed by atoms with Crippen LogP contribution in [0.4, 0.5) is 5.69 Å². The van der Waals surface area contributed by atoms with Crippen molar-refractivity contribution >= 4 is 49.1 Å². The molecule has 1 heterocycles. The highest BCUT2D eigenvalue weighted by Gasteiger charge is 2.27. The number of amides is 1. The molecular formula is C19H20BrClN2O3S. The van der Waals surface area contributed by atoms with Gasteiger partial charge in [-0.1, -0.05) is 24.1 Å². The smallest absolute Gasteiger partial charge is 0.257 e. The van der Waals surface area contributed by atoms with E-state index < -0.39 is 15.9 Å². The van der Waals surface area contributed by atoms with Gasteiger partial charge in [0.2, 0.25) is 10.0 Å². The highest BCUT2D eigenvalue weighted by atomic mass is 79.9. The fraction of sp³-hybridized carbons (Fsp3) is 0.316. The number of benzene rings is 2. The van der Waals surface area contributed by atoms with Gasteiger partial charge in [0.15, 0.2) is 0 Å². The van der Waals surface area contributed by atoms with Crippen molar-refractivity contribution in [1.82, 2.24) is 4.31 Å². The summed E-state index contributed by atoms with van der Waals surface area (Å²) in [4.78, 5) is 12.8. The lowest BCUT2D eigenvalue weighted by atomic mass is 10.2. The molecule has 27 heavy (non-hydrogen) atoms. The van der Waals surface area contributed by atoms with Gasteiger partial charge in [-0.15, -0.1) is 0 Å². The van der Waals surface area contributed by atoms with Crippen LogP contribution in [0, 0.1) is 6.92 Å². The average Bonchev–Trinajstić information content (AvgIpc) is 2.65. The Hall–Kier alpha value is -1.41. The summed E-state index contributed by atoms with van der Waals surface area (Å²) in [6, 6.07) is 9.79. The molecule has 2 aromatic rings. The second-order valence-corrected chi connectivity index (χ2v) is 9.74. The molecule has 2 aromatic carbocycles. The summed E-state index contributed by atoms with van der Waals surface area (Å²) in [6.45, 7) is 2.95. The van der Waals surface area contributed by atoms with Crippen molar-refractivity contribution in [3.63, 3.8) is 0 Å². The van der Waals surface area contributed by atoms with Crippen molar-refractivity contribution in [2.45, 2.75) is 31.1 Å². The lowest BCUT2D eigenvalue weighted by molar-refractivity contribution is 0.102. The monoisotopic (exact) mass is 470 g/mol. The minimum absolute atomic E-state index is 0.0851. The van der Waals surface area contributed by atoms with E-state index in [1.165, 1.54) is 22.5 Å². The second kappa shape index (κ2) is 8.31. The average molecular weight is 472 g/mol. The summed E-state index contributed by atoms with van der Waals surface area (Å²) >= 11 is 9.59. The van der Waals surface area contributed by atoms with E-state index >= 15 is 0 Å². The van der Waals surface area contributed by atoms with Gasteiger partial charge in [0, 0.05) is 17.6 Å². The third-order valence-corrected chi connectivity index (χ3v) is 7.39. The largest absolute Gasteiger partial charge is 0.321 e. The minimum atomic E-state index is -3.64. The Morgan fingerprint density at radius 1 is 1.11 bits per heavy atom. The normalized spacial score (nSPS) is 15.5. The topological polar surface area (TPSA) is 66.5 Å². The number of carbonyl (C=O) groups is 1. The number of halogens is 2. The maximum atomic E-state index is 12.9. The quantitative estimate of drug-likeness (QED) is 0.694. The molecule has 1 saturated heterocycles. The van der Waals surface area contributed by atoms with Crippen molar-refractivity contribution in [2.24, 2.45) is 0 Å². The molecular weight excluding hydrogens is 452 g/mol. The van der Waals surface area contributed by atoms with Crippen LogP contribution in [-0.4, -0.2) is 31.7 Å². The van der Waals surface area contributed by atoms with Crippen LogP contribution >= 0.6 is 27.5 Å². The number of carbonyl (C=O) groups excluding carboxylic acids is 1. The Kier molecular flexibility index (Phi) is 6.25. The molecule has 0 unspecified atom stereocenters. The summed E-state index contributed by atoms with van der Waals surface area (Å²) in [7, 11) is -3.64. The van der Waals surface area contributed by atoms with Crippen LogP contribution in [0.3, 0.4) is 0 Å². The summed E-state index contributed by atoms with van der Waals surface area (Å²) in [5.41, 5.74) is 1.76. The van der Waals surface area contributed by atoms with Crippen molar-refractivity contribution in [3.05, 3.63) is 57.0 Å². The van der Waals surface area contributed by atoms with Gasteiger partial charge in [-0.05, 0) is 71.6 Å². The molecule has 0 saturated carbocycles. The predicted molar refractivity (Wildman–Crippen MR) is 111 cm³/mol. The van der Waals surface area contributed by atoms with E-state index in [-0.39, 0.29) is 15.5 Å². The van der Waals surface area contributed by atoms with E-state index in [0.717, 1.165) is 29.3 Å². The number of rotatable bonds is 4.